The summed E-state index contributed by atoms with van der Waals surface area (Å²) in [6, 6.07) is 16.6. The minimum absolute atomic E-state index is 0.292. The lowest BCUT2D eigenvalue weighted by Crippen LogP contribution is -2.47. The van der Waals surface area contributed by atoms with Gasteiger partial charge in [0.15, 0.2) is 0 Å². The van der Waals surface area contributed by atoms with Crippen LogP contribution in [0.3, 0.4) is 0 Å². The Bertz CT molecular complexity index is 916. The van der Waals surface area contributed by atoms with E-state index in [1.807, 2.05) is 36.4 Å². The highest BCUT2D eigenvalue weighted by atomic mass is 32.2. The van der Waals surface area contributed by atoms with Gasteiger partial charge < -0.3 is 9.47 Å². The monoisotopic (exact) mass is 386 g/mol. The van der Waals surface area contributed by atoms with E-state index in [0.717, 1.165) is 11.1 Å². The Hall–Kier alpha value is -2.40. The van der Waals surface area contributed by atoms with Crippen molar-refractivity contribution in [2.75, 3.05) is 13.2 Å². The van der Waals surface area contributed by atoms with Crippen LogP contribution >= 0.6 is 0 Å². The molecule has 1 saturated heterocycles. The van der Waals surface area contributed by atoms with Crippen molar-refractivity contribution >= 4 is 10.0 Å². The SMILES string of the molecule is CC(C)S(=O)(=O)NC1COCC1Oc1ccc(-c2ccc(C#N)cc2)cc1. The normalized spacial score (nSPS) is 19.8. The van der Waals surface area contributed by atoms with Crippen LogP contribution in [-0.4, -0.2) is 39.0 Å². The Morgan fingerprint density at radius 1 is 1.07 bits per heavy atom. The molecule has 0 bridgehead atoms. The number of ether oxygens (including phenoxy) is 2. The Morgan fingerprint density at radius 2 is 1.67 bits per heavy atom. The maximum atomic E-state index is 12.1. The predicted molar refractivity (Wildman–Crippen MR) is 103 cm³/mol. The molecule has 3 rings (SSSR count). The molecule has 0 saturated carbocycles. The van der Waals surface area contributed by atoms with Gasteiger partial charge in [0, 0.05) is 0 Å². The van der Waals surface area contributed by atoms with Crippen LogP contribution in [0.1, 0.15) is 19.4 Å². The standard InChI is InChI=1S/C20H22N2O4S/c1-14(2)27(23,24)22-19-12-25-13-20(19)26-18-9-7-17(8-10-18)16-5-3-15(11-21)4-6-16/h3-10,14,19-20,22H,12-13H2,1-2H3. The molecular formula is C20H22N2O4S. The number of nitrogens with one attached hydrogen (secondary N) is 1. The van der Waals surface area contributed by atoms with E-state index in [-0.39, 0.29) is 6.10 Å². The third-order valence-corrected chi connectivity index (χ3v) is 6.33. The molecule has 6 nitrogen and oxygen atoms in total. The van der Waals surface area contributed by atoms with Gasteiger partial charge in [0.25, 0.3) is 0 Å². The highest BCUT2D eigenvalue weighted by molar-refractivity contribution is 7.90. The van der Waals surface area contributed by atoms with Crippen LogP contribution in [0.4, 0.5) is 0 Å². The van der Waals surface area contributed by atoms with Crippen molar-refractivity contribution in [3.63, 3.8) is 0 Å². The molecular weight excluding hydrogens is 364 g/mol. The van der Waals surface area contributed by atoms with Gasteiger partial charge in [-0.15, -0.1) is 0 Å². The summed E-state index contributed by atoms with van der Waals surface area (Å²) in [5.41, 5.74) is 2.63. The zero-order valence-corrected chi connectivity index (χ0v) is 16.1. The van der Waals surface area contributed by atoms with E-state index >= 15 is 0 Å². The van der Waals surface area contributed by atoms with Crippen LogP contribution < -0.4 is 9.46 Å². The van der Waals surface area contributed by atoms with Gasteiger partial charge in [0.05, 0.1) is 36.1 Å². The molecule has 0 aromatic heterocycles. The quantitative estimate of drug-likeness (QED) is 0.825. The molecule has 0 spiro atoms. The second-order valence-electron chi connectivity index (χ2n) is 6.73. The molecule has 27 heavy (non-hydrogen) atoms. The fourth-order valence-electron chi connectivity index (χ4n) is 2.75. The number of rotatable bonds is 6. The van der Waals surface area contributed by atoms with Crippen LogP contribution in [0.5, 0.6) is 5.75 Å². The molecule has 0 aliphatic carbocycles. The van der Waals surface area contributed by atoms with Gasteiger partial charge >= 0.3 is 0 Å². The van der Waals surface area contributed by atoms with E-state index in [0.29, 0.717) is 24.5 Å². The maximum Gasteiger partial charge on any atom is 0.214 e. The summed E-state index contributed by atoms with van der Waals surface area (Å²) in [6.07, 6.45) is -0.376. The molecule has 2 aromatic carbocycles. The Labute approximate surface area is 159 Å². The average molecular weight is 386 g/mol. The van der Waals surface area contributed by atoms with Crippen LogP contribution in [0.15, 0.2) is 48.5 Å². The second-order valence-corrected chi connectivity index (χ2v) is 8.99. The summed E-state index contributed by atoms with van der Waals surface area (Å²) in [5, 5.41) is 8.37. The second kappa shape index (κ2) is 8.09. The van der Waals surface area contributed by atoms with Gasteiger partial charge in [-0.1, -0.05) is 24.3 Å². The van der Waals surface area contributed by atoms with Crippen molar-refractivity contribution in [1.29, 1.82) is 5.26 Å². The summed E-state index contributed by atoms with van der Waals surface area (Å²) in [7, 11) is -3.39. The third-order valence-electron chi connectivity index (χ3n) is 4.45. The number of nitriles is 1. The lowest BCUT2D eigenvalue weighted by atomic mass is 10.0. The zero-order valence-electron chi connectivity index (χ0n) is 15.3. The van der Waals surface area contributed by atoms with Crippen molar-refractivity contribution in [1.82, 2.24) is 4.72 Å². The molecule has 1 N–H and O–H groups in total. The molecule has 2 aromatic rings. The molecule has 0 amide bonds. The van der Waals surface area contributed by atoms with Crippen molar-refractivity contribution in [3.8, 4) is 22.9 Å². The van der Waals surface area contributed by atoms with Gasteiger partial charge in [0.2, 0.25) is 10.0 Å². The van der Waals surface area contributed by atoms with Crippen LogP contribution in [0.2, 0.25) is 0 Å². The minimum atomic E-state index is -3.39. The fourth-order valence-corrected chi connectivity index (χ4v) is 3.66. The van der Waals surface area contributed by atoms with Gasteiger partial charge in [-0.05, 0) is 49.2 Å². The van der Waals surface area contributed by atoms with Crippen LogP contribution in [0.25, 0.3) is 11.1 Å². The van der Waals surface area contributed by atoms with Gasteiger partial charge in [-0.3, -0.25) is 0 Å². The van der Waals surface area contributed by atoms with Crippen LogP contribution in [-0.2, 0) is 14.8 Å². The number of hydrogen-bond donors (Lipinski definition) is 1. The molecule has 2 atom stereocenters. The van der Waals surface area contributed by atoms with E-state index in [9.17, 15) is 8.42 Å². The highest BCUT2D eigenvalue weighted by Crippen LogP contribution is 2.24. The maximum absolute atomic E-state index is 12.1. The van der Waals surface area contributed by atoms with Crippen molar-refractivity contribution in [2.45, 2.75) is 31.2 Å². The number of sulfonamides is 1. The largest absolute Gasteiger partial charge is 0.486 e. The van der Waals surface area contributed by atoms with Crippen LogP contribution in [0, 0.1) is 11.3 Å². The minimum Gasteiger partial charge on any atom is -0.486 e. The summed E-state index contributed by atoms with van der Waals surface area (Å²) in [5.74, 6) is 0.650. The number of hydrogen-bond acceptors (Lipinski definition) is 5. The molecule has 1 fully saturated rings. The first kappa shape index (κ1) is 19.4. The third kappa shape index (κ3) is 4.66. The number of nitrogens with zero attached hydrogens (tertiary/aromatic N) is 1. The van der Waals surface area contributed by atoms with Crippen molar-refractivity contribution < 1.29 is 17.9 Å². The zero-order chi connectivity index (χ0) is 19.4. The summed E-state index contributed by atoms with van der Waals surface area (Å²) >= 11 is 0. The van der Waals surface area contributed by atoms with E-state index < -0.39 is 21.3 Å². The van der Waals surface area contributed by atoms with Crippen molar-refractivity contribution in [2.24, 2.45) is 0 Å². The lowest BCUT2D eigenvalue weighted by molar-refractivity contribution is 0.140. The van der Waals surface area contributed by atoms with E-state index in [4.69, 9.17) is 14.7 Å². The molecule has 1 heterocycles. The smallest absolute Gasteiger partial charge is 0.214 e. The first-order chi connectivity index (χ1) is 12.9. The average Bonchev–Trinajstić information content (AvgIpc) is 3.08. The Kier molecular flexibility index (Phi) is 5.80. The molecule has 1 aliphatic heterocycles. The van der Waals surface area contributed by atoms with E-state index in [1.165, 1.54) is 0 Å². The summed E-state index contributed by atoms with van der Waals surface area (Å²) < 4.78 is 38.2. The van der Waals surface area contributed by atoms with E-state index in [2.05, 4.69) is 10.8 Å². The fraction of sp³-hybridized carbons (Fsp3) is 0.350. The Balaban J connectivity index is 1.67. The molecule has 1 aliphatic rings. The molecule has 142 valence electrons. The van der Waals surface area contributed by atoms with Crippen molar-refractivity contribution in [3.05, 3.63) is 54.1 Å². The summed E-state index contributed by atoms with van der Waals surface area (Å²) in [6.45, 7) is 3.90. The first-order valence-corrected chi connectivity index (χ1v) is 10.3. The topological polar surface area (TPSA) is 88.4 Å². The molecule has 7 heteroatoms. The molecule has 0 radical (unpaired) electrons. The van der Waals surface area contributed by atoms with Gasteiger partial charge in [0.1, 0.15) is 11.9 Å². The van der Waals surface area contributed by atoms with Gasteiger partial charge in [-0.25, -0.2) is 13.1 Å². The first-order valence-electron chi connectivity index (χ1n) is 8.75. The number of benzene rings is 2. The summed E-state index contributed by atoms with van der Waals surface area (Å²) in [4.78, 5) is 0. The lowest BCUT2D eigenvalue weighted by Gasteiger charge is -2.21. The predicted octanol–water partition coefficient (Wildman–Crippen LogP) is 2.70. The molecule has 2 unspecified atom stereocenters. The van der Waals surface area contributed by atoms with E-state index in [1.54, 1.807) is 26.0 Å². The highest BCUT2D eigenvalue weighted by Gasteiger charge is 2.34. The Morgan fingerprint density at radius 3 is 2.22 bits per heavy atom. The van der Waals surface area contributed by atoms with Gasteiger partial charge in [-0.2, -0.15) is 5.26 Å².